The lowest BCUT2D eigenvalue weighted by Gasteiger charge is -2.24. The Hall–Kier alpha value is -1.24. The zero-order valence-corrected chi connectivity index (χ0v) is 15.0. The molecule has 1 aromatic carbocycles. The maximum absolute atomic E-state index is 13.0. The lowest BCUT2D eigenvalue weighted by atomic mass is 10.2. The third-order valence-corrected chi connectivity index (χ3v) is 4.71. The van der Waals surface area contributed by atoms with Crippen LogP contribution < -0.4 is 0 Å². The van der Waals surface area contributed by atoms with Gasteiger partial charge < -0.3 is 9.80 Å². The summed E-state index contributed by atoms with van der Waals surface area (Å²) in [5.74, 6) is -0.273. The second kappa shape index (κ2) is 7.85. The van der Waals surface area contributed by atoms with Gasteiger partial charge in [-0.1, -0.05) is 12.1 Å². The molecule has 0 atom stereocenters. The highest BCUT2D eigenvalue weighted by atomic mass is 79.9. The van der Waals surface area contributed by atoms with Crippen molar-refractivity contribution in [2.24, 2.45) is 0 Å². The van der Waals surface area contributed by atoms with Gasteiger partial charge in [0, 0.05) is 25.0 Å². The van der Waals surface area contributed by atoms with Crippen LogP contribution in [0.3, 0.4) is 0 Å². The van der Waals surface area contributed by atoms with Crippen LogP contribution in [-0.4, -0.2) is 42.9 Å². The molecule has 1 aromatic heterocycles. The highest BCUT2D eigenvalue weighted by molar-refractivity contribution is 9.11. The van der Waals surface area contributed by atoms with Crippen LogP contribution in [0.5, 0.6) is 0 Å². The Morgan fingerprint density at radius 3 is 2.45 bits per heavy atom. The van der Waals surface area contributed by atoms with E-state index in [0.29, 0.717) is 18.7 Å². The lowest BCUT2D eigenvalue weighted by Crippen LogP contribution is -2.36. The highest BCUT2D eigenvalue weighted by Crippen LogP contribution is 2.22. The van der Waals surface area contributed by atoms with E-state index in [1.165, 1.54) is 23.5 Å². The van der Waals surface area contributed by atoms with E-state index in [1.54, 1.807) is 17.0 Å². The monoisotopic (exact) mass is 384 g/mol. The number of hydrogen-bond donors (Lipinski definition) is 0. The van der Waals surface area contributed by atoms with Crippen LogP contribution in [0.1, 0.15) is 15.9 Å². The van der Waals surface area contributed by atoms with Crippen LogP contribution in [0, 0.1) is 5.82 Å². The quantitative estimate of drug-likeness (QED) is 0.754. The molecule has 6 heteroatoms. The Morgan fingerprint density at radius 2 is 1.91 bits per heavy atom. The molecule has 22 heavy (non-hydrogen) atoms. The summed E-state index contributed by atoms with van der Waals surface area (Å²) in [7, 11) is 3.95. The molecule has 0 aliphatic rings. The molecule has 0 unspecified atom stereocenters. The number of halogens is 2. The first-order valence-electron chi connectivity index (χ1n) is 6.88. The van der Waals surface area contributed by atoms with Crippen LogP contribution in [0.2, 0.25) is 0 Å². The summed E-state index contributed by atoms with van der Waals surface area (Å²) in [5, 5.41) is 1.85. The van der Waals surface area contributed by atoms with E-state index in [1.807, 2.05) is 30.4 Å². The van der Waals surface area contributed by atoms with Gasteiger partial charge in [-0.15, -0.1) is 11.3 Å². The fourth-order valence-electron chi connectivity index (χ4n) is 1.99. The zero-order valence-electron chi connectivity index (χ0n) is 12.6. The number of nitrogens with zero attached hydrogens (tertiary/aromatic N) is 2. The average molecular weight is 385 g/mol. The number of thiophene rings is 1. The molecular weight excluding hydrogens is 367 g/mol. The van der Waals surface area contributed by atoms with Crippen LogP contribution in [0.4, 0.5) is 4.39 Å². The van der Waals surface area contributed by atoms with Crippen LogP contribution in [0.25, 0.3) is 0 Å². The van der Waals surface area contributed by atoms with Gasteiger partial charge in [0.05, 0.1) is 9.35 Å². The molecule has 0 fully saturated rings. The summed E-state index contributed by atoms with van der Waals surface area (Å²) in [6.07, 6.45) is 0. The van der Waals surface area contributed by atoms with E-state index in [2.05, 4.69) is 15.9 Å². The van der Waals surface area contributed by atoms with Crippen molar-refractivity contribution in [1.29, 1.82) is 0 Å². The van der Waals surface area contributed by atoms with Crippen molar-refractivity contribution in [3.05, 3.63) is 56.4 Å². The Balaban J connectivity index is 2.14. The average Bonchev–Trinajstić information content (AvgIpc) is 2.91. The van der Waals surface area contributed by atoms with Gasteiger partial charge in [-0.3, -0.25) is 4.79 Å². The minimum Gasteiger partial charge on any atom is -0.333 e. The van der Waals surface area contributed by atoms with Crippen molar-refractivity contribution in [2.75, 3.05) is 27.2 Å². The van der Waals surface area contributed by atoms with Crippen molar-refractivity contribution < 1.29 is 9.18 Å². The maximum Gasteiger partial charge on any atom is 0.255 e. The molecule has 0 bridgehead atoms. The molecule has 0 saturated carbocycles. The standard InChI is InChI=1S/C16H18BrFN2OS/c1-19(2)7-8-20(10-12-3-5-14(18)6-4-12)16(21)13-9-15(17)22-11-13/h3-6,9,11H,7-8,10H2,1-2H3. The van der Waals surface area contributed by atoms with E-state index in [9.17, 15) is 9.18 Å². The fraction of sp³-hybridized carbons (Fsp3) is 0.312. The van der Waals surface area contributed by atoms with Gasteiger partial charge in [0.2, 0.25) is 0 Å². The minimum absolute atomic E-state index is 0.00637. The largest absolute Gasteiger partial charge is 0.333 e. The Morgan fingerprint density at radius 1 is 1.23 bits per heavy atom. The third kappa shape index (κ3) is 4.90. The van der Waals surface area contributed by atoms with E-state index < -0.39 is 0 Å². The number of carbonyl (C=O) groups excluding carboxylic acids is 1. The van der Waals surface area contributed by atoms with Gasteiger partial charge in [0.25, 0.3) is 5.91 Å². The minimum atomic E-state index is -0.267. The van der Waals surface area contributed by atoms with Gasteiger partial charge in [0.1, 0.15) is 5.82 Å². The predicted octanol–water partition coefficient (Wildman–Crippen LogP) is 3.85. The molecule has 0 spiro atoms. The first kappa shape index (κ1) is 17.1. The molecule has 3 nitrogen and oxygen atoms in total. The topological polar surface area (TPSA) is 23.6 Å². The summed E-state index contributed by atoms with van der Waals surface area (Å²) in [6, 6.07) is 8.11. The van der Waals surface area contributed by atoms with Gasteiger partial charge >= 0.3 is 0 Å². The molecule has 0 aliphatic carbocycles. The smallest absolute Gasteiger partial charge is 0.255 e. The second-order valence-electron chi connectivity index (χ2n) is 5.30. The summed E-state index contributed by atoms with van der Waals surface area (Å²) >= 11 is 4.88. The molecule has 2 rings (SSSR count). The first-order valence-corrected chi connectivity index (χ1v) is 8.55. The van der Waals surface area contributed by atoms with Crippen LogP contribution in [-0.2, 0) is 6.54 Å². The molecule has 1 amide bonds. The van der Waals surface area contributed by atoms with Crippen molar-refractivity contribution >= 4 is 33.2 Å². The number of benzene rings is 1. The third-order valence-electron chi connectivity index (χ3n) is 3.21. The summed E-state index contributed by atoms with van der Waals surface area (Å²) < 4.78 is 13.9. The Bertz CT molecular complexity index is 627. The first-order chi connectivity index (χ1) is 10.5. The SMILES string of the molecule is CN(C)CCN(Cc1ccc(F)cc1)C(=O)c1csc(Br)c1. The van der Waals surface area contributed by atoms with Gasteiger partial charge in [-0.2, -0.15) is 0 Å². The van der Waals surface area contributed by atoms with Crippen molar-refractivity contribution in [3.8, 4) is 0 Å². The van der Waals surface area contributed by atoms with Crippen molar-refractivity contribution in [3.63, 3.8) is 0 Å². The molecule has 1 heterocycles. The molecule has 2 aromatic rings. The van der Waals surface area contributed by atoms with Crippen molar-refractivity contribution in [1.82, 2.24) is 9.80 Å². The second-order valence-corrected chi connectivity index (χ2v) is 7.59. The molecule has 0 N–H and O–H groups in total. The van der Waals surface area contributed by atoms with E-state index in [4.69, 9.17) is 0 Å². The Kier molecular flexibility index (Phi) is 6.11. The summed E-state index contributed by atoms with van der Waals surface area (Å²) in [4.78, 5) is 16.5. The molecule has 0 radical (unpaired) electrons. The fourth-order valence-corrected chi connectivity index (χ4v) is 3.12. The normalized spacial score (nSPS) is 11.0. The zero-order chi connectivity index (χ0) is 16.1. The molecule has 118 valence electrons. The van der Waals surface area contributed by atoms with E-state index in [-0.39, 0.29) is 11.7 Å². The highest BCUT2D eigenvalue weighted by Gasteiger charge is 2.17. The number of amides is 1. The van der Waals surface area contributed by atoms with Gasteiger partial charge in [-0.05, 0) is 53.8 Å². The summed E-state index contributed by atoms with van der Waals surface area (Å²) in [5.41, 5.74) is 1.60. The number of hydrogen-bond acceptors (Lipinski definition) is 3. The number of carbonyl (C=O) groups is 1. The van der Waals surface area contributed by atoms with E-state index >= 15 is 0 Å². The Labute approximate surface area is 142 Å². The number of rotatable bonds is 6. The predicted molar refractivity (Wildman–Crippen MR) is 91.7 cm³/mol. The van der Waals surface area contributed by atoms with Crippen LogP contribution >= 0.6 is 27.3 Å². The number of likely N-dealkylation sites (N-methyl/N-ethyl adjacent to an activating group) is 1. The molecular formula is C16H18BrFN2OS. The molecule has 0 saturated heterocycles. The maximum atomic E-state index is 13.0. The lowest BCUT2D eigenvalue weighted by molar-refractivity contribution is 0.0732. The van der Waals surface area contributed by atoms with Gasteiger partial charge in [-0.25, -0.2) is 4.39 Å². The molecule has 0 aliphatic heterocycles. The van der Waals surface area contributed by atoms with Gasteiger partial charge in [0.15, 0.2) is 0 Å². The van der Waals surface area contributed by atoms with Crippen LogP contribution in [0.15, 0.2) is 39.5 Å². The van der Waals surface area contributed by atoms with E-state index in [0.717, 1.165) is 15.9 Å². The summed E-state index contributed by atoms with van der Waals surface area (Å²) in [6.45, 7) is 1.87. The van der Waals surface area contributed by atoms with Crippen molar-refractivity contribution in [2.45, 2.75) is 6.54 Å².